The molecule has 1 heterocycles. The van der Waals surface area contributed by atoms with Crippen LogP contribution in [0.4, 0.5) is 0 Å². The molecule has 0 fully saturated rings. The van der Waals surface area contributed by atoms with Crippen LogP contribution in [0.2, 0.25) is 0 Å². The predicted octanol–water partition coefficient (Wildman–Crippen LogP) is 2.69. The van der Waals surface area contributed by atoms with E-state index in [4.69, 9.17) is 14.2 Å². The van der Waals surface area contributed by atoms with Gasteiger partial charge in [-0.2, -0.15) is 0 Å². The molecule has 2 aromatic carbocycles. The molecule has 1 N–H and O–H groups in total. The molecule has 142 valence electrons. The van der Waals surface area contributed by atoms with Gasteiger partial charge >= 0.3 is 0 Å². The zero-order valence-corrected chi connectivity index (χ0v) is 15.9. The highest BCUT2D eigenvalue weighted by molar-refractivity contribution is 5.97. The van der Waals surface area contributed by atoms with E-state index in [1.165, 1.54) is 14.2 Å². The minimum absolute atomic E-state index is 0.208. The van der Waals surface area contributed by atoms with Crippen molar-refractivity contribution in [2.75, 3.05) is 27.9 Å². The molecular weight excluding hydrogens is 346 g/mol. The van der Waals surface area contributed by atoms with E-state index in [0.717, 1.165) is 28.3 Å². The second-order valence-electron chi connectivity index (χ2n) is 5.98. The zero-order valence-electron chi connectivity index (χ0n) is 15.9. The third-order valence-electron chi connectivity index (χ3n) is 4.37. The number of nitrogens with one attached hydrogen (secondary N) is 1. The monoisotopic (exact) mass is 369 g/mol. The number of nitrogens with zero attached hydrogens (tertiary/aromatic N) is 2. The number of fused-ring (bicyclic) bond motifs is 1. The van der Waals surface area contributed by atoms with Crippen LogP contribution in [-0.2, 0) is 9.47 Å². The number of aromatic nitrogens is 2. The van der Waals surface area contributed by atoms with E-state index < -0.39 is 6.29 Å². The first-order valence-corrected chi connectivity index (χ1v) is 8.55. The van der Waals surface area contributed by atoms with Crippen molar-refractivity contribution in [3.05, 3.63) is 53.9 Å². The fourth-order valence-electron chi connectivity index (χ4n) is 3.00. The van der Waals surface area contributed by atoms with Crippen LogP contribution in [0.3, 0.4) is 0 Å². The summed E-state index contributed by atoms with van der Waals surface area (Å²) >= 11 is 0. The lowest BCUT2D eigenvalue weighted by Crippen LogP contribution is -2.34. The summed E-state index contributed by atoms with van der Waals surface area (Å²) in [7, 11) is 4.70. The number of carbonyl (C=O) groups excluding carboxylic acids is 1. The maximum Gasteiger partial charge on any atom is 0.251 e. The number of hydrogen-bond donors (Lipinski definition) is 1. The van der Waals surface area contributed by atoms with Crippen molar-refractivity contribution in [1.82, 2.24) is 14.9 Å². The van der Waals surface area contributed by atoms with Gasteiger partial charge in [-0.1, -0.05) is 12.1 Å². The standard InChI is InChI=1S/C20H23N3O4/c1-13-22-15-11-14(20(24)21-12-19(26-3)27-4)9-10-16(15)23(13)17-7-5-6-8-18(17)25-2/h5-11,19H,12H2,1-4H3,(H,21,24). The number of rotatable bonds is 7. The lowest BCUT2D eigenvalue weighted by molar-refractivity contribution is -0.0974. The average Bonchev–Trinajstić information content (AvgIpc) is 3.03. The Labute approximate surface area is 157 Å². The van der Waals surface area contributed by atoms with E-state index in [0.29, 0.717) is 5.56 Å². The number of ether oxygens (including phenoxy) is 3. The highest BCUT2D eigenvalue weighted by Crippen LogP contribution is 2.28. The molecule has 1 amide bonds. The molecule has 27 heavy (non-hydrogen) atoms. The van der Waals surface area contributed by atoms with Gasteiger partial charge in [0.05, 0.1) is 30.4 Å². The summed E-state index contributed by atoms with van der Waals surface area (Å²) in [6.45, 7) is 2.19. The van der Waals surface area contributed by atoms with Crippen LogP contribution in [-0.4, -0.2) is 49.6 Å². The number of amides is 1. The predicted molar refractivity (Wildman–Crippen MR) is 102 cm³/mol. The maximum absolute atomic E-state index is 12.4. The summed E-state index contributed by atoms with van der Waals surface area (Å²) in [5.41, 5.74) is 3.07. The molecule has 3 rings (SSSR count). The Morgan fingerprint density at radius 1 is 1.15 bits per heavy atom. The SMILES string of the molecule is COc1ccccc1-n1c(C)nc2cc(C(=O)NCC(OC)OC)ccc21. The lowest BCUT2D eigenvalue weighted by Gasteiger charge is -2.14. The first-order valence-electron chi connectivity index (χ1n) is 8.55. The van der Waals surface area contributed by atoms with Crippen molar-refractivity contribution in [3.8, 4) is 11.4 Å². The summed E-state index contributed by atoms with van der Waals surface area (Å²) in [5.74, 6) is 1.36. The highest BCUT2D eigenvalue weighted by atomic mass is 16.7. The topological polar surface area (TPSA) is 74.6 Å². The number of benzene rings is 2. The molecule has 3 aromatic rings. The first kappa shape index (κ1) is 18.9. The van der Waals surface area contributed by atoms with Crippen molar-refractivity contribution >= 4 is 16.9 Å². The normalized spacial score (nSPS) is 11.1. The molecule has 0 radical (unpaired) electrons. The number of imidazole rings is 1. The quantitative estimate of drug-likeness (QED) is 0.648. The smallest absolute Gasteiger partial charge is 0.251 e. The largest absolute Gasteiger partial charge is 0.495 e. The van der Waals surface area contributed by atoms with Gasteiger partial charge in [0.1, 0.15) is 11.6 Å². The van der Waals surface area contributed by atoms with E-state index in [1.807, 2.05) is 41.8 Å². The third kappa shape index (κ3) is 3.79. The molecule has 0 aliphatic rings. The van der Waals surface area contributed by atoms with Gasteiger partial charge in [0.2, 0.25) is 0 Å². The Kier molecular flexibility index (Phi) is 5.73. The van der Waals surface area contributed by atoms with Crippen molar-refractivity contribution in [2.24, 2.45) is 0 Å². The average molecular weight is 369 g/mol. The Morgan fingerprint density at radius 3 is 2.59 bits per heavy atom. The highest BCUT2D eigenvalue weighted by Gasteiger charge is 2.15. The van der Waals surface area contributed by atoms with Gasteiger partial charge in [-0.3, -0.25) is 9.36 Å². The number of para-hydroxylation sites is 2. The molecule has 7 heteroatoms. The second-order valence-corrected chi connectivity index (χ2v) is 5.98. The summed E-state index contributed by atoms with van der Waals surface area (Å²) < 4.78 is 17.7. The fourth-order valence-corrected chi connectivity index (χ4v) is 3.00. The van der Waals surface area contributed by atoms with Gasteiger partial charge in [0, 0.05) is 19.8 Å². The fraction of sp³-hybridized carbons (Fsp3) is 0.300. The summed E-state index contributed by atoms with van der Waals surface area (Å²) in [5, 5.41) is 2.79. The summed E-state index contributed by atoms with van der Waals surface area (Å²) in [4.78, 5) is 17.0. The Balaban J connectivity index is 1.93. The number of hydrogen-bond acceptors (Lipinski definition) is 5. The molecule has 7 nitrogen and oxygen atoms in total. The molecule has 0 aliphatic heterocycles. The van der Waals surface area contributed by atoms with Crippen molar-refractivity contribution < 1.29 is 19.0 Å². The van der Waals surface area contributed by atoms with Crippen molar-refractivity contribution in [3.63, 3.8) is 0 Å². The van der Waals surface area contributed by atoms with Crippen molar-refractivity contribution in [1.29, 1.82) is 0 Å². The molecule has 0 aliphatic carbocycles. The van der Waals surface area contributed by atoms with Gasteiger partial charge < -0.3 is 19.5 Å². The lowest BCUT2D eigenvalue weighted by atomic mass is 10.2. The van der Waals surface area contributed by atoms with Crippen LogP contribution >= 0.6 is 0 Å². The van der Waals surface area contributed by atoms with Crippen LogP contribution in [0.25, 0.3) is 16.7 Å². The second kappa shape index (κ2) is 8.20. The van der Waals surface area contributed by atoms with Crippen LogP contribution in [0.15, 0.2) is 42.5 Å². The van der Waals surface area contributed by atoms with Gasteiger partial charge in [-0.05, 0) is 37.3 Å². The minimum Gasteiger partial charge on any atom is -0.495 e. The minimum atomic E-state index is -0.482. The third-order valence-corrected chi connectivity index (χ3v) is 4.37. The van der Waals surface area contributed by atoms with E-state index >= 15 is 0 Å². The Bertz CT molecular complexity index is 948. The van der Waals surface area contributed by atoms with E-state index in [9.17, 15) is 4.79 Å². The molecule has 1 aromatic heterocycles. The molecule has 0 saturated carbocycles. The van der Waals surface area contributed by atoms with Crippen LogP contribution in [0, 0.1) is 6.92 Å². The molecule has 0 bridgehead atoms. The maximum atomic E-state index is 12.4. The molecular formula is C20H23N3O4. The van der Waals surface area contributed by atoms with Gasteiger partial charge in [-0.25, -0.2) is 4.98 Å². The van der Waals surface area contributed by atoms with Crippen LogP contribution in [0.5, 0.6) is 5.75 Å². The van der Waals surface area contributed by atoms with E-state index in [2.05, 4.69) is 10.3 Å². The van der Waals surface area contributed by atoms with Crippen LogP contribution < -0.4 is 10.1 Å². The molecule has 0 unspecified atom stereocenters. The van der Waals surface area contributed by atoms with Crippen LogP contribution in [0.1, 0.15) is 16.2 Å². The molecule has 0 atom stereocenters. The zero-order chi connectivity index (χ0) is 19.4. The summed E-state index contributed by atoms with van der Waals surface area (Å²) in [6.07, 6.45) is -0.482. The number of carbonyl (C=O) groups is 1. The molecule has 0 saturated heterocycles. The van der Waals surface area contributed by atoms with Gasteiger partial charge in [-0.15, -0.1) is 0 Å². The van der Waals surface area contributed by atoms with E-state index in [1.54, 1.807) is 19.2 Å². The molecule has 0 spiro atoms. The number of methoxy groups -OCH3 is 3. The Hall–Kier alpha value is -2.90. The van der Waals surface area contributed by atoms with Gasteiger partial charge in [0.15, 0.2) is 6.29 Å². The Morgan fingerprint density at radius 2 is 1.89 bits per heavy atom. The summed E-state index contributed by atoms with van der Waals surface area (Å²) in [6, 6.07) is 13.2. The number of aryl methyl sites for hydroxylation is 1. The van der Waals surface area contributed by atoms with Gasteiger partial charge in [0.25, 0.3) is 5.91 Å². The van der Waals surface area contributed by atoms with E-state index in [-0.39, 0.29) is 12.5 Å². The first-order chi connectivity index (χ1) is 13.1. The van der Waals surface area contributed by atoms with Crippen molar-refractivity contribution in [2.45, 2.75) is 13.2 Å².